The maximum Gasteiger partial charge on any atom is 0.119 e. The third-order valence-corrected chi connectivity index (χ3v) is 3.06. The van der Waals surface area contributed by atoms with Crippen LogP contribution in [0, 0.1) is 3.57 Å². The minimum Gasteiger partial charge on any atom is -0.488 e. The molecule has 1 rings (SSSR count). The monoisotopic (exact) mass is 306 g/mol. The second kappa shape index (κ2) is 4.00. The summed E-state index contributed by atoms with van der Waals surface area (Å²) in [5, 5.41) is 1.33. The summed E-state index contributed by atoms with van der Waals surface area (Å²) < 4.78 is 7.08. The third-order valence-electron chi connectivity index (χ3n) is 1.57. The summed E-state index contributed by atoms with van der Waals surface area (Å²) in [4.78, 5) is 0. The summed E-state index contributed by atoms with van der Waals surface area (Å²) in [7, 11) is 1.04. The number of rotatable bonds is 1. The molecule has 0 unspecified atom stereocenters. The first kappa shape index (κ1) is 11.0. The van der Waals surface area contributed by atoms with E-state index in [-0.39, 0.29) is 5.60 Å². The second-order valence-electron chi connectivity index (χ2n) is 4.12. The first-order chi connectivity index (χ1) is 5.88. The normalized spacial score (nSPS) is 11.7. The van der Waals surface area contributed by atoms with Crippen molar-refractivity contribution in [3.05, 3.63) is 21.8 Å². The van der Waals surface area contributed by atoms with Crippen LogP contribution < -0.4 is 9.92 Å². The standard InChI is InChI=1S/C10H15IOSi/c1-10(2,3)12-8-6-7(11)4-5-9(8)13/h4-6H,1-3,13H3. The van der Waals surface area contributed by atoms with Crippen molar-refractivity contribution in [2.24, 2.45) is 0 Å². The van der Waals surface area contributed by atoms with Gasteiger partial charge in [-0.1, -0.05) is 6.07 Å². The smallest absolute Gasteiger partial charge is 0.119 e. The SMILES string of the molecule is CC(C)(C)Oc1cc(I)ccc1[SiH3]. The molecule has 3 heteroatoms. The highest BCUT2D eigenvalue weighted by Gasteiger charge is 2.13. The summed E-state index contributed by atoms with van der Waals surface area (Å²) in [5.74, 6) is 1.05. The first-order valence-electron chi connectivity index (χ1n) is 4.34. The van der Waals surface area contributed by atoms with E-state index < -0.39 is 0 Å². The Bertz CT molecular complexity index is 304. The van der Waals surface area contributed by atoms with Crippen molar-refractivity contribution in [1.29, 1.82) is 0 Å². The molecule has 13 heavy (non-hydrogen) atoms. The molecule has 0 aliphatic rings. The predicted molar refractivity (Wildman–Crippen MR) is 69.1 cm³/mol. The molecular weight excluding hydrogens is 291 g/mol. The van der Waals surface area contributed by atoms with Crippen molar-refractivity contribution in [3.8, 4) is 5.75 Å². The van der Waals surface area contributed by atoms with Crippen LogP contribution in [0.2, 0.25) is 0 Å². The van der Waals surface area contributed by atoms with Gasteiger partial charge in [-0.25, -0.2) is 0 Å². The van der Waals surface area contributed by atoms with E-state index in [0.29, 0.717) is 0 Å². The third kappa shape index (κ3) is 3.68. The number of benzene rings is 1. The van der Waals surface area contributed by atoms with Gasteiger partial charge >= 0.3 is 0 Å². The Kier molecular flexibility index (Phi) is 3.40. The molecule has 72 valence electrons. The maximum absolute atomic E-state index is 5.84. The van der Waals surface area contributed by atoms with Gasteiger partial charge in [0.1, 0.15) is 11.4 Å². The van der Waals surface area contributed by atoms with Gasteiger partial charge in [0.2, 0.25) is 0 Å². The quantitative estimate of drug-likeness (QED) is 0.564. The molecular formula is C10H15IOSi. The Hall–Kier alpha value is -0.0331. The average molecular weight is 306 g/mol. The molecule has 0 aliphatic carbocycles. The molecule has 0 N–H and O–H groups in total. The van der Waals surface area contributed by atoms with E-state index in [4.69, 9.17) is 4.74 Å². The molecule has 1 nitrogen and oxygen atoms in total. The van der Waals surface area contributed by atoms with Crippen LogP contribution in [0.25, 0.3) is 0 Å². The van der Waals surface area contributed by atoms with Gasteiger partial charge in [0, 0.05) is 13.8 Å². The van der Waals surface area contributed by atoms with Crippen LogP contribution in [0.4, 0.5) is 0 Å². The zero-order chi connectivity index (χ0) is 10.1. The van der Waals surface area contributed by atoms with Crippen LogP contribution in [-0.4, -0.2) is 15.8 Å². The molecule has 0 aliphatic heterocycles. The fourth-order valence-electron chi connectivity index (χ4n) is 1.01. The Morgan fingerprint density at radius 3 is 2.46 bits per heavy atom. The second-order valence-corrected chi connectivity index (χ2v) is 6.45. The molecule has 0 spiro atoms. The summed E-state index contributed by atoms with van der Waals surface area (Å²) in [5.41, 5.74) is -0.0937. The zero-order valence-corrected chi connectivity index (χ0v) is 12.7. The Labute approximate surface area is 96.4 Å². The minimum absolute atomic E-state index is 0.0937. The van der Waals surface area contributed by atoms with E-state index in [9.17, 15) is 0 Å². The number of ether oxygens (including phenoxy) is 1. The van der Waals surface area contributed by atoms with Crippen molar-refractivity contribution in [1.82, 2.24) is 0 Å². The molecule has 0 saturated heterocycles. The van der Waals surface area contributed by atoms with Gasteiger partial charge in [-0.15, -0.1) is 0 Å². The van der Waals surface area contributed by atoms with Crippen LogP contribution in [0.1, 0.15) is 20.8 Å². The van der Waals surface area contributed by atoms with Crippen LogP contribution >= 0.6 is 22.6 Å². The zero-order valence-electron chi connectivity index (χ0n) is 8.52. The molecule has 0 atom stereocenters. The Morgan fingerprint density at radius 1 is 1.31 bits per heavy atom. The number of hydrogen-bond acceptors (Lipinski definition) is 1. The van der Waals surface area contributed by atoms with Crippen molar-refractivity contribution in [2.75, 3.05) is 0 Å². The van der Waals surface area contributed by atoms with Gasteiger partial charge in [0.15, 0.2) is 0 Å². The molecule has 1 aromatic carbocycles. The molecule has 0 saturated carbocycles. The average Bonchev–Trinajstić information content (AvgIpc) is 1.94. The Balaban J connectivity index is 2.94. The van der Waals surface area contributed by atoms with Crippen molar-refractivity contribution in [3.63, 3.8) is 0 Å². The van der Waals surface area contributed by atoms with E-state index in [2.05, 4.69) is 61.6 Å². The summed E-state index contributed by atoms with van der Waals surface area (Å²) in [6.45, 7) is 6.23. The molecule has 0 aromatic heterocycles. The lowest BCUT2D eigenvalue weighted by Crippen LogP contribution is -2.26. The molecule has 0 heterocycles. The van der Waals surface area contributed by atoms with E-state index in [1.54, 1.807) is 0 Å². The minimum atomic E-state index is -0.0937. The van der Waals surface area contributed by atoms with E-state index >= 15 is 0 Å². The van der Waals surface area contributed by atoms with Crippen LogP contribution in [0.3, 0.4) is 0 Å². The van der Waals surface area contributed by atoms with E-state index in [1.807, 2.05) is 0 Å². The van der Waals surface area contributed by atoms with Crippen LogP contribution in [0.5, 0.6) is 5.75 Å². The lowest BCUT2D eigenvalue weighted by molar-refractivity contribution is 0.132. The van der Waals surface area contributed by atoms with Gasteiger partial charge in [-0.3, -0.25) is 0 Å². The summed E-state index contributed by atoms with van der Waals surface area (Å²) in [6.07, 6.45) is 0. The van der Waals surface area contributed by atoms with Crippen LogP contribution in [0.15, 0.2) is 18.2 Å². The Morgan fingerprint density at radius 2 is 1.92 bits per heavy atom. The van der Waals surface area contributed by atoms with Gasteiger partial charge in [-0.2, -0.15) is 0 Å². The highest BCUT2D eigenvalue weighted by molar-refractivity contribution is 14.1. The maximum atomic E-state index is 5.84. The van der Waals surface area contributed by atoms with Gasteiger partial charge < -0.3 is 4.74 Å². The molecule has 1 aromatic rings. The summed E-state index contributed by atoms with van der Waals surface area (Å²) in [6, 6.07) is 6.38. The van der Waals surface area contributed by atoms with Crippen LogP contribution in [-0.2, 0) is 0 Å². The van der Waals surface area contributed by atoms with Crippen molar-refractivity contribution < 1.29 is 4.74 Å². The highest BCUT2D eigenvalue weighted by atomic mass is 127. The lowest BCUT2D eigenvalue weighted by Gasteiger charge is -2.22. The fourth-order valence-corrected chi connectivity index (χ4v) is 1.89. The summed E-state index contributed by atoms with van der Waals surface area (Å²) >= 11 is 2.31. The van der Waals surface area contributed by atoms with Crippen molar-refractivity contribution >= 4 is 38.0 Å². The van der Waals surface area contributed by atoms with Gasteiger partial charge in [0.05, 0.1) is 0 Å². The predicted octanol–water partition coefficient (Wildman–Crippen LogP) is 1.46. The van der Waals surface area contributed by atoms with Gasteiger partial charge in [-0.05, 0) is 60.7 Å². The van der Waals surface area contributed by atoms with E-state index in [0.717, 1.165) is 16.0 Å². The topological polar surface area (TPSA) is 9.23 Å². The van der Waals surface area contributed by atoms with Crippen molar-refractivity contribution in [2.45, 2.75) is 26.4 Å². The molecule has 0 fully saturated rings. The number of hydrogen-bond donors (Lipinski definition) is 0. The molecule has 0 bridgehead atoms. The first-order valence-corrected chi connectivity index (χ1v) is 6.41. The highest BCUT2D eigenvalue weighted by Crippen LogP contribution is 2.17. The molecule has 0 amide bonds. The fraction of sp³-hybridized carbons (Fsp3) is 0.400. The van der Waals surface area contributed by atoms with E-state index in [1.165, 1.54) is 8.76 Å². The largest absolute Gasteiger partial charge is 0.488 e. The number of halogens is 1. The molecule has 0 radical (unpaired) electrons. The van der Waals surface area contributed by atoms with Gasteiger partial charge in [0.25, 0.3) is 0 Å². The lowest BCUT2D eigenvalue weighted by atomic mass is 10.2.